The zero-order valence-electron chi connectivity index (χ0n) is 20.4. The minimum atomic E-state index is -0.328. The van der Waals surface area contributed by atoms with Crippen LogP contribution < -0.4 is 5.73 Å². The molecule has 0 bridgehead atoms. The number of nitrogens with zero attached hydrogens (tertiary/aromatic N) is 6. The van der Waals surface area contributed by atoms with E-state index >= 15 is 0 Å². The lowest BCUT2D eigenvalue weighted by atomic mass is 9.93. The number of rotatable bonds is 2. The van der Waals surface area contributed by atoms with Gasteiger partial charge in [-0.15, -0.1) is 10.2 Å². The van der Waals surface area contributed by atoms with Crippen LogP contribution >= 0.6 is 39.1 Å². The van der Waals surface area contributed by atoms with E-state index in [-0.39, 0.29) is 29.4 Å². The fourth-order valence-corrected chi connectivity index (χ4v) is 6.04. The summed E-state index contributed by atoms with van der Waals surface area (Å²) in [5.41, 5.74) is 7.37. The van der Waals surface area contributed by atoms with Crippen molar-refractivity contribution in [2.24, 2.45) is 0 Å². The maximum Gasteiger partial charge on any atom is 0.239 e. The first-order valence-electron chi connectivity index (χ1n) is 12.5. The molecule has 2 aliphatic rings. The number of nitrogens with two attached hydrogens (primary N) is 1. The summed E-state index contributed by atoms with van der Waals surface area (Å²) in [7, 11) is 0. The molecule has 0 saturated carbocycles. The first kappa shape index (κ1) is 27.0. The Bertz CT molecular complexity index is 1290. The van der Waals surface area contributed by atoms with Gasteiger partial charge in [-0.05, 0) is 89.1 Å². The van der Waals surface area contributed by atoms with Gasteiger partial charge >= 0.3 is 0 Å². The summed E-state index contributed by atoms with van der Waals surface area (Å²) >= 11 is 15.2. The highest BCUT2D eigenvalue weighted by molar-refractivity contribution is 9.10. The number of halogens is 5. The lowest BCUT2D eigenvalue weighted by Crippen LogP contribution is -2.08. The second-order valence-electron chi connectivity index (χ2n) is 9.52. The molecular formula is C26H26BrCl2F2N7. The van der Waals surface area contributed by atoms with Crippen LogP contribution in [0.25, 0.3) is 0 Å². The number of benzene rings is 2. The minimum Gasteiger partial charge on any atom is -0.366 e. The summed E-state index contributed by atoms with van der Waals surface area (Å²) in [6.07, 6.45) is 6.03. The van der Waals surface area contributed by atoms with Gasteiger partial charge in [0.15, 0.2) is 0 Å². The Morgan fingerprint density at radius 3 is 1.76 bits per heavy atom. The molecule has 12 heteroatoms. The molecule has 4 heterocycles. The van der Waals surface area contributed by atoms with Crippen molar-refractivity contribution in [3.63, 3.8) is 0 Å². The molecular weight excluding hydrogens is 599 g/mol. The van der Waals surface area contributed by atoms with Crippen LogP contribution in [0.15, 0.2) is 41.1 Å². The molecule has 2 atom stereocenters. The third kappa shape index (κ3) is 6.18. The fraction of sp³-hybridized carbons (Fsp3) is 0.385. The molecule has 38 heavy (non-hydrogen) atoms. The number of anilines is 1. The average Bonchev–Trinajstić information content (AvgIpc) is 3.24. The summed E-state index contributed by atoms with van der Waals surface area (Å²) in [5, 5.41) is 9.34. The van der Waals surface area contributed by atoms with Crippen molar-refractivity contribution in [2.45, 2.75) is 63.5 Å². The molecule has 200 valence electrons. The van der Waals surface area contributed by atoms with Crippen molar-refractivity contribution in [1.82, 2.24) is 29.5 Å². The molecule has 0 fully saturated rings. The van der Waals surface area contributed by atoms with E-state index in [1.54, 1.807) is 6.07 Å². The van der Waals surface area contributed by atoms with Crippen LogP contribution in [0.2, 0.25) is 10.0 Å². The molecule has 2 aromatic heterocycles. The molecule has 2 aromatic carbocycles. The van der Waals surface area contributed by atoms with E-state index in [4.69, 9.17) is 28.9 Å². The smallest absolute Gasteiger partial charge is 0.239 e. The van der Waals surface area contributed by atoms with E-state index < -0.39 is 0 Å². The van der Waals surface area contributed by atoms with Crippen molar-refractivity contribution < 1.29 is 8.78 Å². The number of aryl methyl sites for hydroxylation is 2. The monoisotopic (exact) mass is 623 g/mol. The van der Waals surface area contributed by atoms with Gasteiger partial charge in [0.2, 0.25) is 10.7 Å². The van der Waals surface area contributed by atoms with Crippen LogP contribution in [0.3, 0.4) is 0 Å². The molecule has 0 radical (unpaired) electrons. The van der Waals surface area contributed by atoms with E-state index in [0.29, 0.717) is 14.8 Å². The SMILES string of the molecule is Fc1cc(Cl)cc(C2CCCCn3nc(Br)nc32)c1.Nc1nc2n(n1)CCCCC2c1cc(F)cc(Cl)c1. The third-order valence-corrected chi connectivity index (χ3v) is 7.59. The molecule has 2 unspecified atom stereocenters. The molecule has 4 aromatic rings. The van der Waals surface area contributed by atoms with Gasteiger partial charge in [-0.3, -0.25) is 0 Å². The highest BCUT2D eigenvalue weighted by Gasteiger charge is 2.26. The highest BCUT2D eigenvalue weighted by atomic mass is 79.9. The van der Waals surface area contributed by atoms with E-state index in [2.05, 4.69) is 36.1 Å². The summed E-state index contributed by atoms with van der Waals surface area (Å²) in [6, 6.07) is 9.28. The molecule has 2 N–H and O–H groups in total. The first-order valence-corrected chi connectivity index (χ1v) is 14.0. The standard InChI is InChI=1S/C13H12BrClFN3.C13H14ClFN4/c14-13-17-12-11(3-1-2-4-19(12)18-13)8-5-9(15)7-10(16)6-8;14-9-5-8(6-10(15)7-9)11-3-1-2-4-19-12(11)17-13(16)18-19/h5-7,11H,1-4H2;5-7,11H,1-4H2,(H2,16,18). The van der Waals surface area contributed by atoms with Gasteiger partial charge in [0, 0.05) is 35.0 Å². The zero-order valence-corrected chi connectivity index (χ0v) is 23.5. The third-order valence-electron chi connectivity index (χ3n) is 6.81. The highest BCUT2D eigenvalue weighted by Crippen LogP contribution is 2.35. The van der Waals surface area contributed by atoms with Crippen molar-refractivity contribution in [2.75, 3.05) is 5.73 Å². The van der Waals surface area contributed by atoms with E-state index in [0.717, 1.165) is 74.4 Å². The van der Waals surface area contributed by atoms with Gasteiger partial charge in [0.05, 0.1) is 0 Å². The van der Waals surface area contributed by atoms with Gasteiger partial charge in [-0.1, -0.05) is 36.0 Å². The Morgan fingerprint density at radius 1 is 0.737 bits per heavy atom. The fourth-order valence-electron chi connectivity index (χ4n) is 5.20. The molecule has 0 amide bonds. The van der Waals surface area contributed by atoms with Crippen LogP contribution in [0, 0.1) is 11.6 Å². The van der Waals surface area contributed by atoms with Crippen molar-refractivity contribution in [1.29, 1.82) is 0 Å². The summed E-state index contributed by atoms with van der Waals surface area (Å²) < 4.78 is 31.4. The van der Waals surface area contributed by atoms with E-state index in [9.17, 15) is 8.78 Å². The average molecular weight is 625 g/mol. The first-order chi connectivity index (χ1) is 18.3. The molecule has 2 aliphatic heterocycles. The van der Waals surface area contributed by atoms with Gasteiger partial charge in [0.25, 0.3) is 0 Å². The normalized spacial score (nSPS) is 19.0. The van der Waals surface area contributed by atoms with E-state index in [1.165, 1.54) is 24.3 Å². The molecule has 7 nitrogen and oxygen atoms in total. The minimum absolute atomic E-state index is 0.000463. The Morgan fingerprint density at radius 2 is 1.24 bits per heavy atom. The molecule has 0 aliphatic carbocycles. The number of hydrogen-bond acceptors (Lipinski definition) is 5. The molecule has 0 spiro atoms. The van der Waals surface area contributed by atoms with Crippen LogP contribution in [0.5, 0.6) is 0 Å². The quantitative estimate of drug-likeness (QED) is 0.257. The van der Waals surface area contributed by atoms with Gasteiger partial charge in [-0.25, -0.2) is 23.1 Å². The summed E-state index contributed by atoms with van der Waals surface area (Å²) in [5.74, 6) is 1.37. The van der Waals surface area contributed by atoms with Gasteiger partial charge in [0.1, 0.15) is 23.3 Å². The van der Waals surface area contributed by atoms with Gasteiger partial charge in [-0.2, -0.15) is 4.98 Å². The van der Waals surface area contributed by atoms with Crippen LogP contribution in [0.1, 0.15) is 73.1 Å². The maximum absolute atomic E-state index is 13.5. The van der Waals surface area contributed by atoms with Crippen LogP contribution in [-0.4, -0.2) is 29.5 Å². The Balaban J connectivity index is 0.000000155. The number of hydrogen-bond donors (Lipinski definition) is 1. The van der Waals surface area contributed by atoms with Crippen molar-refractivity contribution >= 4 is 45.1 Å². The summed E-state index contributed by atoms with van der Waals surface area (Å²) in [4.78, 5) is 8.72. The topological polar surface area (TPSA) is 87.4 Å². The zero-order chi connectivity index (χ0) is 26.8. The number of aromatic nitrogens is 6. The Labute approximate surface area is 237 Å². The lowest BCUT2D eigenvalue weighted by Gasteiger charge is -2.14. The molecule has 6 rings (SSSR count). The predicted molar refractivity (Wildman–Crippen MR) is 146 cm³/mol. The lowest BCUT2D eigenvalue weighted by molar-refractivity contribution is 0.572. The Hall–Kier alpha value is -2.56. The second-order valence-corrected chi connectivity index (χ2v) is 11.1. The number of fused-ring (bicyclic) bond motifs is 2. The van der Waals surface area contributed by atoms with Crippen LogP contribution in [-0.2, 0) is 13.1 Å². The largest absolute Gasteiger partial charge is 0.366 e. The van der Waals surface area contributed by atoms with Gasteiger partial charge < -0.3 is 5.73 Å². The predicted octanol–water partition coefficient (Wildman–Crippen LogP) is 7.12. The van der Waals surface area contributed by atoms with Crippen molar-refractivity contribution in [3.05, 3.63) is 85.6 Å². The second kappa shape index (κ2) is 11.7. The maximum atomic E-state index is 13.5. The number of nitrogen functional groups attached to an aromatic ring is 1. The Kier molecular flexibility index (Phi) is 8.30. The molecule has 0 saturated heterocycles. The van der Waals surface area contributed by atoms with Crippen molar-refractivity contribution in [3.8, 4) is 0 Å². The van der Waals surface area contributed by atoms with Crippen LogP contribution in [0.4, 0.5) is 14.7 Å². The summed E-state index contributed by atoms with van der Waals surface area (Å²) in [6.45, 7) is 1.66. The van der Waals surface area contributed by atoms with E-state index in [1.807, 2.05) is 15.4 Å².